The lowest BCUT2D eigenvalue weighted by Gasteiger charge is -2.36. The van der Waals surface area contributed by atoms with Gasteiger partial charge in [0.2, 0.25) is 10.0 Å². The maximum absolute atomic E-state index is 13.7. The Balaban J connectivity index is 1.50. The summed E-state index contributed by atoms with van der Waals surface area (Å²) in [6.45, 7) is 3.67. The Morgan fingerprint density at radius 3 is 2.15 bits per heavy atom. The first kappa shape index (κ1) is 20.0. The van der Waals surface area contributed by atoms with Crippen LogP contribution in [0, 0.1) is 11.6 Å². The third-order valence-corrected chi connectivity index (χ3v) is 6.24. The van der Waals surface area contributed by atoms with Gasteiger partial charge in [0, 0.05) is 50.0 Å². The lowest BCUT2D eigenvalue weighted by molar-refractivity contribution is 0.262. The van der Waals surface area contributed by atoms with Crippen LogP contribution in [0.1, 0.15) is 0 Å². The van der Waals surface area contributed by atoms with E-state index in [1.54, 1.807) is 0 Å². The molecule has 5 nitrogen and oxygen atoms in total. The SMILES string of the molecule is O=S(=O)(NCCN1CCN(c2ccc(Cl)cc2)CC1)c1c(F)cccc1F. The van der Waals surface area contributed by atoms with E-state index >= 15 is 0 Å². The van der Waals surface area contributed by atoms with Crippen LogP contribution in [0.3, 0.4) is 0 Å². The molecule has 1 N–H and O–H groups in total. The molecular formula is C18H20ClF2N3O2S. The molecule has 27 heavy (non-hydrogen) atoms. The lowest BCUT2D eigenvalue weighted by atomic mass is 10.2. The maximum Gasteiger partial charge on any atom is 0.246 e. The zero-order chi connectivity index (χ0) is 19.4. The summed E-state index contributed by atoms with van der Waals surface area (Å²) >= 11 is 5.90. The van der Waals surface area contributed by atoms with E-state index in [9.17, 15) is 17.2 Å². The largest absolute Gasteiger partial charge is 0.369 e. The number of rotatable bonds is 6. The third kappa shape index (κ3) is 4.95. The number of hydrogen-bond donors (Lipinski definition) is 1. The summed E-state index contributed by atoms with van der Waals surface area (Å²) in [7, 11) is -4.23. The van der Waals surface area contributed by atoms with Crippen molar-refractivity contribution in [2.45, 2.75) is 4.90 Å². The van der Waals surface area contributed by atoms with Crippen LogP contribution in [0.4, 0.5) is 14.5 Å². The number of sulfonamides is 1. The van der Waals surface area contributed by atoms with E-state index in [-0.39, 0.29) is 6.54 Å². The van der Waals surface area contributed by atoms with E-state index in [0.717, 1.165) is 50.1 Å². The van der Waals surface area contributed by atoms with Crippen molar-refractivity contribution < 1.29 is 17.2 Å². The smallest absolute Gasteiger partial charge is 0.246 e. The first-order chi connectivity index (χ1) is 12.9. The molecule has 2 aromatic carbocycles. The van der Waals surface area contributed by atoms with Crippen molar-refractivity contribution in [3.05, 3.63) is 59.1 Å². The van der Waals surface area contributed by atoms with Gasteiger partial charge in [0.25, 0.3) is 0 Å². The maximum atomic E-state index is 13.7. The molecular weight excluding hydrogens is 396 g/mol. The quantitative estimate of drug-likeness (QED) is 0.788. The number of anilines is 1. The van der Waals surface area contributed by atoms with Gasteiger partial charge in [-0.2, -0.15) is 0 Å². The van der Waals surface area contributed by atoms with E-state index in [0.29, 0.717) is 11.6 Å². The van der Waals surface area contributed by atoms with Gasteiger partial charge in [-0.3, -0.25) is 4.90 Å². The molecule has 2 aromatic rings. The van der Waals surface area contributed by atoms with Crippen LogP contribution in [0.2, 0.25) is 5.02 Å². The highest BCUT2D eigenvalue weighted by molar-refractivity contribution is 7.89. The predicted molar refractivity (Wildman–Crippen MR) is 102 cm³/mol. The number of piperazine rings is 1. The number of nitrogens with zero attached hydrogens (tertiary/aromatic N) is 2. The Morgan fingerprint density at radius 2 is 1.56 bits per heavy atom. The fraction of sp³-hybridized carbons (Fsp3) is 0.333. The Hall–Kier alpha value is -1.74. The summed E-state index contributed by atoms with van der Waals surface area (Å²) in [5.74, 6) is -2.20. The van der Waals surface area contributed by atoms with Crippen LogP contribution in [0.15, 0.2) is 47.4 Å². The van der Waals surface area contributed by atoms with Gasteiger partial charge in [-0.15, -0.1) is 0 Å². The summed E-state index contributed by atoms with van der Waals surface area (Å²) in [6, 6.07) is 10.6. The molecule has 1 aliphatic rings. The minimum Gasteiger partial charge on any atom is -0.369 e. The summed E-state index contributed by atoms with van der Waals surface area (Å²) in [4.78, 5) is 3.40. The molecule has 3 rings (SSSR count). The Bertz CT molecular complexity index is 866. The van der Waals surface area contributed by atoms with E-state index in [2.05, 4.69) is 14.5 Å². The summed E-state index contributed by atoms with van der Waals surface area (Å²) in [5, 5.41) is 0.691. The van der Waals surface area contributed by atoms with Gasteiger partial charge in [0.15, 0.2) is 4.90 Å². The fourth-order valence-corrected chi connectivity index (χ4v) is 4.31. The molecule has 0 aliphatic carbocycles. The number of hydrogen-bond acceptors (Lipinski definition) is 4. The number of nitrogens with one attached hydrogen (secondary N) is 1. The second-order valence-corrected chi connectivity index (χ2v) is 8.39. The highest BCUT2D eigenvalue weighted by Gasteiger charge is 2.24. The van der Waals surface area contributed by atoms with Gasteiger partial charge in [0.1, 0.15) is 11.6 Å². The highest BCUT2D eigenvalue weighted by atomic mass is 35.5. The van der Waals surface area contributed by atoms with E-state index in [1.807, 2.05) is 24.3 Å². The third-order valence-electron chi connectivity index (χ3n) is 4.47. The normalized spacial score (nSPS) is 15.9. The van der Waals surface area contributed by atoms with Gasteiger partial charge in [-0.05, 0) is 36.4 Å². The van der Waals surface area contributed by atoms with Gasteiger partial charge in [-0.1, -0.05) is 17.7 Å². The zero-order valence-electron chi connectivity index (χ0n) is 14.5. The fourth-order valence-electron chi connectivity index (χ4n) is 3.03. The van der Waals surface area contributed by atoms with E-state index in [4.69, 9.17) is 11.6 Å². The van der Waals surface area contributed by atoms with Crippen LogP contribution in [0.5, 0.6) is 0 Å². The van der Waals surface area contributed by atoms with Crippen LogP contribution in [-0.2, 0) is 10.0 Å². The summed E-state index contributed by atoms with van der Waals surface area (Å²) in [6.07, 6.45) is 0. The van der Waals surface area contributed by atoms with E-state index in [1.165, 1.54) is 0 Å². The van der Waals surface area contributed by atoms with Crippen molar-refractivity contribution in [2.24, 2.45) is 0 Å². The molecule has 146 valence electrons. The van der Waals surface area contributed by atoms with E-state index < -0.39 is 26.6 Å². The molecule has 1 saturated heterocycles. The van der Waals surface area contributed by atoms with Crippen LogP contribution >= 0.6 is 11.6 Å². The van der Waals surface area contributed by atoms with Crippen molar-refractivity contribution in [2.75, 3.05) is 44.2 Å². The molecule has 0 bridgehead atoms. The molecule has 1 heterocycles. The van der Waals surface area contributed by atoms with Crippen molar-refractivity contribution in [1.82, 2.24) is 9.62 Å². The molecule has 0 atom stereocenters. The molecule has 0 aromatic heterocycles. The molecule has 0 spiro atoms. The van der Waals surface area contributed by atoms with Crippen molar-refractivity contribution in [3.8, 4) is 0 Å². The molecule has 0 amide bonds. The van der Waals surface area contributed by atoms with Gasteiger partial charge < -0.3 is 4.90 Å². The topological polar surface area (TPSA) is 52.7 Å². The second kappa shape index (κ2) is 8.52. The minimum absolute atomic E-state index is 0.0804. The average Bonchev–Trinajstić information content (AvgIpc) is 2.62. The first-order valence-electron chi connectivity index (χ1n) is 8.53. The molecule has 9 heteroatoms. The molecule has 0 unspecified atom stereocenters. The molecule has 0 saturated carbocycles. The van der Waals surface area contributed by atoms with Gasteiger partial charge >= 0.3 is 0 Å². The molecule has 1 fully saturated rings. The number of benzene rings is 2. The van der Waals surface area contributed by atoms with Crippen LogP contribution < -0.4 is 9.62 Å². The Kier molecular flexibility index (Phi) is 6.31. The lowest BCUT2D eigenvalue weighted by Crippen LogP contribution is -2.48. The summed E-state index contributed by atoms with van der Waals surface area (Å²) < 4.78 is 53.9. The monoisotopic (exact) mass is 415 g/mol. The van der Waals surface area contributed by atoms with Crippen LogP contribution in [-0.4, -0.2) is 52.6 Å². The predicted octanol–water partition coefficient (Wildman–Crippen LogP) is 2.72. The standard InChI is InChI=1S/C18H20ClF2N3O2S/c19-14-4-6-15(7-5-14)24-12-10-23(11-13-24)9-8-22-27(25,26)18-16(20)2-1-3-17(18)21/h1-7,22H,8-13H2. The Morgan fingerprint density at radius 1 is 0.963 bits per heavy atom. The van der Waals surface area contributed by atoms with Crippen molar-refractivity contribution in [1.29, 1.82) is 0 Å². The number of halogens is 3. The molecule has 0 radical (unpaired) electrons. The minimum atomic E-state index is -4.23. The molecule has 1 aliphatic heterocycles. The van der Waals surface area contributed by atoms with Gasteiger partial charge in [0.05, 0.1) is 0 Å². The Labute approximate surface area is 162 Å². The zero-order valence-corrected chi connectivity index (χ0v) is 16.1. The summed E-state index contributed by atoms with van der Waals surface area (Å²) in [5.41, 5.74) is 1.09. The average molecular weight is 416 g/mol. The highest BCUT2D eigenvalue weighted by Crippen LogP contribution is 2.20. The second-order valence-electron chi connectivity index (χ2n) is 6.25. The van der Waals surface area contributed by atoms with Crippen LogP contribution in [0.25, 0.3) is 0 Å². The van der Waals surface area contributed by atoms with Crippen molar-refractivity contribution in [3.63, 3.8) is 0 Å². The van der Waals surface area contributed by atoms with Gasteiger partial charge in [-0.25, -0.2) is 21.9 Å². The van der Waals surface area contributed by atoms with Crippen molar-refractivity contribution >= 4 is 27.3 Å². The first-order valence-corrected chi connectivity index (χ1v) is 10.4.